The number of halogens is 4. The minimum absolute atomic E-state index is 0.0163. The van der Waals surface area contributed by atoms with E-state index < -0.39 is 22.7 Å². The van der Waals surface area contributed by atoms with Gasteiger partial charge in [0.2, 0.25) is 0 Å². The second-order valence-electron chi connectivity index (χ2n) is 5.08. The van der Waals surface area contributed by atoms with Crippen LogP contribution in [0.3, 0.4) is 0 Å². The Hall–Kier alpha value is -2.03. The topological polar surface area (TPSA) is 33.5 Å². The molecule has 0 N–H and O–H groups in total. The highest BCUT2D eigenvalue weighted by molar-refractivity contribution is 8.27. The zero-order chi connectivity index (χ0) is 18.9. The van der Waals surface area contributed by atoms with Crippen molar-refractivity contribution in [3.63, 3.8) is 0 Å². The third kappa shape index (κ3) is 3.87. The predicted molar refractivity (Wildman–Crippen MR) is 100.0 cm³/mol. The molecule has 0 aliphatic carbocycles. The van der Waals surface area contributed by atoms with E-state index in [0.717, 1.165) is 28.8 Å². The molecule has 1 saturated heterocycles. The summed E-state index contributed by atoms with van der Waals surface area (Å²) in [5, 5.41) is -0.441. The van der Waals surface area contributed by atoms with Crippen LogP contribution in [0.25, 0.3) is 6.08 Å². The van der Waals surface area contributed by atoms with Gasteiger partial charge < -0.3 is 4.42 Å². The lowest BCUT2D eigenvalue weighted by Crippen LogP contribution is -2.27. The van der Waals surface area contributed by atoms with Gasteiger partial charge >= 0.3 is 6.18 Å². The van der Waals surface area contributed by atoms with Crippen molar-refractivity contribution in [3.8, 4) is 0 Å². The van der Waals surface area contributed by atoms with Crippen LogP contribution in [-0.2, 0) is 11.0 Å². The van der Waals surface area contributed by atoms with Crippen LogP contribution < -0.4 is 4.90 Å². The van der Waals surface area contributed by atoms with E-state index in [0.29, 0.717) is 10.7 Å². The standard InChI is InChI=1S/C17H9ClF3NO2S2/c18-13-7-6-10(9-12(13)17(19,20)21)22-15(23)14(26-16(22)25)5-1-3-11-4-2-8-24-11/h1-9H/b3-1+,14-5+. The van der Waals surface area contributed by atoms with Gasteiger partial charge in [-0.15, -0.1) is 0 Å². The number of alkyl halides is 3. The minimum atomic E-state index is -4.63. The predicted octanol–water partition coefficient (Wildman–Crippen LogP) is 5.91. The Labute approximate surface area is 161 Å². The summed E-state index contributed by atoms with van der Waals surface area (Å²) < 4.78 is 44.4. The molecule has 0 saturated carbocycles. The van der Waals surface area contributed by atoms with Gasteiger partial charge in [-0.1, -0.05) is 41.7 Å². The van der Waals surface area contributed by atoms with Gasteiger partial charge in [-0.25, -0.2) is 0 Å². The number of anilines is 1. The summed E-state index contributed by atoms with van der Waals surface area (Å²) in [6, 6.07) is 6.69. The summed E-state index contributed by atoms with van der Waals surface area (Å²) in [7, 11) is 0. The monoisotopic (exact) mass is 415 g/mol. The van der Waals surface area contributed by atoms with Crippen molar-refractivity contribution in [2.45, 2.75) is 6.18 Å². The first-order valence-corrected chi connectivity index (χ1v) is 8.72. The Kier molecular flexibility index (Phi) is 5.27. The number of thioether (sulfide) groups is 1. The number of hydrogen-bond acceptors (Lipinski definition) is 4. The Bertz CT molecular complexity index is 921. The zero-order valence-corrected chi connectivity index (χ0v) is 15.2. The van der Waals surface area contributed by atoms with E-state index in [1.54, 1.807) is 24.3 Å². The molecule has 2 heterocycles. The summed E-state index contributed by atoms with van der Waals surface area (Å²) in [4.78, 5) is 13.9. The largest absolute Gasteiger partial charge is 0.465 e. The average molecular weight is 416 g/mol. The van der Waals surface area contributed by atoms with E-state index in [-0.39, 0.29) is 10.0 Å². The lowest BCUT2D eigenvalue weighted by molar-refractivity contribution is -0.137. The Morgan fingerprint density at radius 3 is 2.69 bits per heavy atom. The Morgan fingerprint density at radius 1 is 1.27 bits per heavy atom. The number of rotatable bonds is 3. The quantitative estimate of drug-likeness (QED) is 0.460. The molecule has 0 radical (unpaired) electrons. The Morgan fingerprint density at radius 2 is 2.04 bits per heavy atom. The van der Waals surface area contributed by atoms with Crippen LogP contribution in [0.1, 0.15) is 11.3 Å². The fourth-order valence-corrected chi connectivity index (χ4v) is 3.67. The van der Waals surface area contributed by atoms with Crippen LogP contribution in [0.2, 0.25) is 5.02 Å². The maximum Gasteiger partial charge on any atom is 0.417 e. The van der Waals surface area contributed by atoms with E-state index in [9.17, 15) is 18.0 Å². The van der Waals surface area contributed by atoms with Crippen LogP contribution in [-0.4, -0.2) is 10.2 Å². The van der Waals surface area contributed by atoms with Gasteiger partial charge in [0.15, 0.2) is 4.32 Å². The van der Waals surface area contributed by atoms with Crippen molar-refractivity contribution < 1.29 is 22.4 Å². The maximum atomic E-state index is 13.0. The second kappa shape index (κ2) is 7.30. The highest BCUT2D eigenvalue weighted by atomic mass is 35.5. The van der Waals surface area contributed by atoms with Crippen LogP contribution >= 0.6 is 35.6 Å². The highest BCUT2D eigenvalue weighted by Crippen LogP contribution is 2.40. The van der Waals surface area contributed by atoms with Crippen molar-refractivity contribution in [2.75, 3.05) is 4.90 Å². The van der Waals surface area contributed by atoms with Gasteiger partial charge in [0, 0.05) is 0 Å². The van der Waals surface area contributed by atoms with Crippen LogP contribution in [0, 0.1) is 0 Å². The number of allylic oxidation sites excluding steroid dienone is 2. The molecule has 26 heavy (non-hydrogen) atoms. The number of nitrogens with zero attached hydrogens (tertiary/aromatic N) is 1. The average Bonchev–Trinajstić information content (AvgIpc) is 3.16. The number of furan rings is 1. The normalized spacial score (nSPS) is 17.1. The molecule has 3 rings (SSSR count). The molecule has 1 aliphatic heterocycles. The summed E-state index contributed by atoms with van der Waals surface area (Å²) >= 11 is 11.8. The molecule has 0 unspecified atom stereocenters. The molecule has 1 amide bonds. The van der Waals surface area contributed by atoms with Gasteiger partial charge in [-0.05, 0) is 42.5 Å². The molecule has 1 aromatic carbocycles. The minimum Gasteiger partial charge on any atom is -0.465 e. The van der Waals surface area contributed by atoms with Crippen LogP contribution in [0.5, 0.6) is 0 Å². The zero-order valence-electron chi connectivity index (χ0n) is 12.8. The van der Waals surface area contributed by atoms with Gasteiger partial charge in [-0.2, -0.15) is 13.2 Å². The maximum absolute atomic E-state index is 13.0. The molecule has 1 fully saturated rings. The lowest BCUT2D eigenvalue weighted by atomic mass is 10.2. The SMILES string of the molecule is O=C1/C(=C\C=C\c2ccco2)SC(=S)N1c1ccc(Cl)c(C(F)(F)F)c1. The first kappa shape index (κ1) is 18.8. The number of carbonyl (C=O) groups is 1. The molecule has 0 bridgehead atoms. The number of carbonyl (C=O) groups excluding carboxylic acids is 1. The summed E-state index contributed by atoms with van der Waals surface area (Å²) in [6.45, 7) is 0. The third-order valence-electron chi connectivity index (χ3n) is 3.36. The fourth-order valence-electron chi connectivity index (χ4n) is 2.19. The van der Waals surface area contributed by atoms with Crippen molar-refractivity contribution in [1.29, 1.82) is 0 Å². The first-order chi connectivity index (χ1) is 12.3. The number of hydrogen-bond donors (Lipinski definition) is 0. The third-order valence-corrected chi connectivity index (χ3v) is 5.01. The second-order valence-corrected chi connectivity index (χ2v) is 7.16. The molecule has 0 spiro atoms. The lowest BCUT2D eigenvalue weighted by Gasteiger charge is -2.17. The number of thiocarbonyl (C=S) groups is 1. The molecule has 134 valence electrons. The summed E-state index contributed by atoms with van der Waals surface area (Å²) in [6.07, 6.45) is 1.67. The van der Waals surface area contributed by atoms with E-state index >= 15 is 0 Å². The highest BCUT2D eigenvalue weighted by Gasteiger charge is 2.37. The first-order valence-electron chi connectivity index (χ1n) is 7.12. The molecule has 9 heteroatoms. The summed E-state index contributed by atoms with van der Waals surface area (Å²) in [5.41, 5.74) is -1.00. The van der Waals surface area contributed by atoms with Crippen molar-refractivity contribution in [2.24, 2.45) is 0 Å². The molecule has 1 aliphatic rings. The van der Waals surface area contributed by atoms with Crippen molar-refractivity contribution in [3.05, 3.63) is 70.0 Å². The fraction of sp³-hybridized carbons (Fsp3) is 0.0588. The molecule has 2 aromatic rings. The van der Waals surface area contributed by atoms with Crippen LogP contribution in [0.15, 0.2) is 58.1 Å². The molecule has 3 nitrogen and oxygen atoms in total. The molecular weight excluding hydrogens is 407 g/mol. The summed E-state index contributed by atoms with van der Waals surface area (Å²) in [5.74, 6) is 0.101. The van der Waals surface area contributed by atoms with E-state index in [2.05, 4.69) is 0 Å². The number of benzene rings is 1. The van der Waals surface area contributed by atoms with Crippen molar-refractivity contribution in [1.82, 2.24) is 0 Å². The molecule has 0 atom stereocenters. The number of amides is 1. The Balaban J connectivity index is 1.88. The van der Waals surface area contributed by atoms with E-state index in [1.807, 2.05) is 0 Å². The van der Waals surface area contributed by atoms with Crippen LogP contribution in [0.4, 0.5) is 18.9 Å². The van der Waals surface area contributed by atoms with Gasteiger partial charge in [0.1, 0.15) is 5.76 Å². The van der Waals surface area contributed by atoms with E-state index in [1.165, 1.54) is 18.4 Å². The molecule has 1 aromatic heterocycles. The van der Waals surface area contributed by atoms with Gasteiger partial charge in [0.05, 0.1) is 27.4 Å². The smallest absolute Gasteiger partial charge is 0.417 e. The van der Waals surface area contributed by atoms with Gasteiger partial charge in [0.25, 0.3) is 5.91 Å². The van der Waals surface area contributed by atoms with Gasteiger partial charge in [-0.3, -0.25) is 9.69 Å². The molecular formula is C17H9ClF3NO2S2. The van der Waals surface area contributed by atoms with Crippen molar-refractivity contribution >= 4 is 57.6 Å². The van der Waals surface area contributed by atoms with E-state index in [4.69, 9.17) is 28.2 Å².